The maximum absolute atomic E-state index is 11.4. The molecule has 4 nitrogen and oxygen atoms in total. The molecule has 2 N–H and O–H groups in total. The summed E-state index contributed by atoms with van der Waals surface area (Å²) in [7, 11) is 0. The van der Waals surface area contributed by atoms with Gasteiger partial charge < -0.3 is 15.2 Å². The Bertz CT molecular complexity index is 333. The first kappa shape index (κ1) is 16.6. The smallest absolute Gasteiger partial charge is 0.407 e. The largest absolute Gasteiger partial charge is 0.504 e. The SMILES string of the molecule is C=C=C(O)C(C)(C)CCCNC(=O)OC(C)(C)C. The summed E-state index contributed by atoms with van der Waals surface area (Å²) in [6.45, 7) is 13.2. The van der Waals surface area contributed by atoms with Crippen molar-refractivity contribution in [1.29, 1.82) is 0 Å². The number of rotatable bonds is 5. The van der Waals surface area contributed by atoms with E-state index in [1.807, 2.05) is 34.6 Å². The zero-order chi connectivity index (χ0) is 14.4. The number of nitrogens with one attached hydrogen (secondary N) is 1. The van der Waals surface area contributed by atoms with Gasteiger partial charge in [0.2, 0.25) is 0 Å². The molecule has 18 heavy (non-hydrogen) atoms. The third-order valence-corrected chi connectivity index (χ3v) is 2.46. The fraction of sp³-hybridized carbons (Fsp3) is 0.714. The van der Waals surface area contributed by atoms with Crippen molar-refractivity contribution in [2.45, 2.75) is 53.1 Å². The third-order valence-electron chi connectivity index (χ3n) is 2.46. The van der Waals surface area contributed by atoms with E-state index >= 15 is 0 Å². The van der Waals surface area contributed by atoms with Crippen molar-refractivity contribution >= 4 is 6.09 Å². The van der Waals surface area contributed by atoms with Crippen LogP contribution in [0.1, 0.15) is 47.5 Å². The molecule has 0 aliphatic rings. The molecule has 0 aromatic rings. The van der Waals surface area contributed by atoms with Gasteiger partial charge in [-0.25, -0.2) is 4.79 Å². The van der Waals surface area contributed by atoms with Crippen LogP contribution in [0.25, 0.3) is 0 Å². The summed E-state index contributed by atoms with van der Waals surface area (Å²) in [4.78, 5) is 11.4. The zero-order valence-corrected chi connectivity index (χ0v) is 12.1. The number of aliphatic hydroxyl groups excluding tert-OH is 1. The molecular formula is C14H25NO3. The number of allylic oxidation sites excluding steroid dienone is 1. The normalized spacial score (nSPS) is 11.6. The van der Waals surface area contributed by atoms with Gasteiger partial charge in [0, 0.05) is 12.0 Å². The van der Waals surface area contributed by atoms with Gasteiger partial charge in [-0.05, 0) is 33.6 Å². The molecule has 1 amide bonds. The van der Waals surface area contributed by atoms with Crippen LogP contribution in [0.3, 0.4) is 0 Å². The fourth-order valence-corrected chi connectivity index (χ4v) is 1.39. The molecule has 0 spiro atoms. The lowest BCUT2D eigenvalue weighted by atomic mass is 9.86. The van der Waals surface area contributed by atoms with Gasteiger partial charge >= 0.3 is 6.09 Å². The van der Waals surface area contributed by atoms with E-state index in [0.29, 0.717) is 6.54 Å². The Hall–Kier alpha value is -1.41. The fourth-order valence-electron chi connectivity index (χ4n) is 1.39. The first-order valence-electron chi connectivity index (χ1n) is 6.15. The van der Waals surface area contributed by atoms with E-state index in [9.17, 15) is 9.90 Å². The molecular weight excluding hydrogens is 230 g/mol. The summed E-state index contributed by atoms with van der Waals surface area (Å²) in [5.41, 5.74) is 1.65. The molecule has 0 aromatic carbocycles. The van der Waals surface area contributed by atoms with Crippen molar-refractivity contribution in [3.8, 4) is 0 Å². The van der Waals surface area contributed by atoms with Gasteiger partial charge in [0.15, 0.2) is 0 Å². The molecule has 0 aliphatic carbocycles. The van der Waals surface area contributed by atoms with Gasteiger partial charge in [0.25, 0.3) is 0 Å². The molecule has 4 heteroatoms. The highest BCUT2D eigenvalue weighted by molar-refractivity contribution is 5.67. The highest BCUT2D eigenvalue weighted by Gasteiger charge is 2.22. The molecule has 0 heterocycles. The van der Waals surface area contributed by atoms with E-state index in [-0.39, 0.29) is 11.2 Å². The van der Waals surface area contributed by atoms with Crippen molar-refractivity contribution < 1.29 is 14.6 Å². The number of hydrogen-bond donors (Lipinski definition) is 2. The lowest BCUT2D eigenvalue weighted by Crippen LogP contribution is -2.33. The quantitative estimate of drug-likeness (QED) is 0.449. The Morgan fingerprint density at radius 2 is 1.89 bits per heavy atom. The second-order valence-corrected chi connectivity index (χ2v) is 5.94. The standard InChI is InChI=1S/C14H25NO3/c1-7-11(16)14(5,6)9-8-10-15-12(17)18-13(2,3)4/h16H,1,8-10H2,2-6H3,(H,15,17). The van der Waals surface area contributed by atoms with Crippen molar-refractivity contribution in [3.63, 3.8) is 0 Å². The Kier molecular flexibility index (Phi) is 5.99. The summed E-state index contributed by atoms with van der Waals surface area (Å²) < 4.78 is 5.11. The van der Waals surface area contributed by atoms with Gasteiger partial charge in [-0.2, -0.15) is 0 Å². The van der Waals surface area contributed by atoms with E-state index in [2.05, 4.69) is 17.6 Å². The van der Waals surface area contributed by atoms with Crippen LogP contribution >= 0.6 is 0 Å². The summed E-state index contributed by atoms with van der Waals surface area (Å²) in [5.74, 6) is 0.153. The molecule has 0 rings (SSSR count). The van der Waals surface area contributed by atoms with Gasteiger partial charge in [-0.15, -0.1) is 0 Å². The molecule has 0 aliphatic heterocycles. The predicted molar refractivity (Wildman–Crippen MR) is 72.5 cm³/mol. The maximum Gasteiger partial charge on any atom is 0.407 e. The van der Waals surface area contributed by atoms with Crippen molar-refractivity contribution in [1.82, 2.24) is 5.32 Å². The molecule has 0 saturated heterocycles. The highest BCUT2D eigenvalue weighted by atomic mass is 16.6. The number of aliphatic hydroxyl groups is 1. The first-order chi connectivity index (χ1) is 8.08. The van der Waals surface area contributed by atoms with Gasteiger partial charge in [-0.1, -0.05) is 26.2 Å². The Morgan fingerprint density at radius 3 is 2.33 bits per heavy atom. The highest BCUT2D eigenvalue weighted by Crippen LogP contribution is 2.28. The van der Waals surface area contributed by atoms with Crippen LogP contribution in [0.5, 0.6) is 0 Å². The number of amides is 1. The van der Waals surface area contributed by atoms with E-state index in [1.54, 1.807) is 0 Å². The lowest BCUT2D eigenvalue weighted by Gasteiger charge is -2.23. The molecule has 0 saturated carbocycles. The predicted octanol–water partition coefficient (Wildman–Crippen LogP) is 3.54. The first-order valence-corrected chi connectivity index (χ1v) is 6.15. The second kappa shape index (κ2) is 6.50. The summed E-state index contributed by atoms with van der Waals surface area (Å²) in [6, 6.07) is 0. The van der Waals surface area contributed by atoms with E-state index in [1.165, 1.54) is 0 Å². The van der Waals surface area contributed by atoms with Crippen LogP contribution in [0, 0.1) is 5.41 Å². The van der Waals surface area contributed by atoms with Crippen LogP contribution in [0.15, 0.2) is 18.1 Å². The molecule has 0 atom stereocenters. The van der Waals surface area contributed by atoms with Crippen LogP contribution in [0.4, 0.5) is 4.79 Å². The Balaban J connectivity index is 3.95. The number of ether oxygens (including phenoxy) is 1. The van der Waals surface area contributed by atoms with Gasteiger partial charge in [-0.3, -0.25) is 0 Å². The zero-order valence-electron chi connectivity index (χ0n) is 12.1. The molecule has 104 valence electrons. The molecule has 0 fully saturated rings. The summed E-state index contributed by atoms with van der Waals surface area (Å²) in [5, 5.41) is 12.3. The third kappa shape index (κ3) is 7.02. The molecule has 0 bridgehead atoms. The second-order valence-electron chi connectivity index (χ2n) is 5.94. The van der Waals surface area contributed by atoms with Crippen molar-refractivity contribution in [3.05, 3.63) is 18.1 Å². The summed E-state index contributed by atoms with van der Waals surface area (Å²) in [6.07, 6.45) is 1.07. The Labute approximate surface area is 110 Å². The monoisotopic (exact) mass is 255 g/mol. The van der Waals surface area contributed by atoms with Crippen LogP contribution in [0.2, 0.25) is 0 Å². The minimum atomic E-state index is -0.479. The topological polar surface area (TPSA) is 58.6 Å². The van der Waals surface area contributed by atoms with Crippen LogP contribution in [-0.2, 0) is 4.74 Å². The van der Waals surface area contributed by atoms with E-state index in [0.717, 1.165) is 12.8 Å². The molecule has 0 radical (unpaired) electrons. The van der Waals surface area contributed by atoms with E-state index < -0.39 is 11.7 Å². The van der Waals surface area contributed by atoms with Gasteiger partial charge in [0.05, 0.1) is 0 Å². The molecule has 0 aromatic heterocycles. The molecule has 0 unspecified atom stereocenters. The minimum Gasteiger partial charge on any atom is -0.504 e. The number of hydrogen-bond acceptors (Lipinski definition) is 3. The number of carbonyl (C=O) groups excluding carboxylic acids is 1. The summed E-state index contributed by atoms with van der Waals surface area (Å²) >= 11 is 0. The average molecular weight is 255 g/mol. The number of alkyl carbamates (subject to hydrolysis) is 1. The Morgan fingerprint density at radius 1 is 1.33 bits per heavy atom. The minimum absolute atomic E-state index is 0.153. The van der Waals surface area contributed by atoms with Crippen molar-refractivity contribution in [2.24, 2.45) is 5.41 Å². The lowest BCUT2D eigenvalue weighted by molar-refractivity contribution is 0.0525. The van der Waals surface area contributed by atoms with Crippen molar-refractivity contribution in [2.75, 3.05) is 6.54 Å². The number of carbonyl (C=O) groups is 1. The van der Waals surface area contributed by atoms with Crippen LogP contribution in [-0.4, -0.2) is 23.3 Å². The van der Waals surface area contributed by atoms with Gasteiger partial charge in [0.1, 0.15) is 11.4 Å². The average Bonchev–Trinajstić information content (AvgIpc) is 2.20. The van der Waals surface area contributed by atoms with Crippen LogP contribution < -0.4 is 5.32 Å². The maximum atomic E-state index is 11.4. The van der Waals surface area contributed by atoms with E-state index in [4.69, 9.17) is 4.74 Å².